The Hall–Kier alpha value is -3.39. The zero-order valence-electron chi connectivity index (χ0n) is 18.1. The quantitative estimate of drug-likeness (QED) is 0.627. The van der Waals surface area contributed by atoms with Crippen LogP contribution in [0, 0.1) is 0 Å². The first-order valence-electron chi connectivity index (χ1n) is 11.0. The van der Waals surface area contributed by atoms with Gasteiger partial charge < -0.3 is 14.2 Å². The maximum Gasteiger partial charge on any atom is 0.420 e. The maximum absolute atomic E-state index is 13.1. The van der Waals surface area contributed by atoms with Gasteiger partial charge in [-0.25, -0.2) is 4.79 Å². The fourth-order valence-electron chi connectivity index (χ4n) is 4.73. The molecule has 2 aliphatic heterocycles. The van der Waals surface area contributed by atoms with Crippen LogP contribution >= 0.6 is 0 Å². The zero-order chi connectivity index (χ0) is 22.2. The molecule has 0 aliphatic carbocycles. The number of aromatic nitrogens is 1. The summed E-state index contributed by atoms with van der Waals surface area (Å²) in [5.74, 6) is -0.542. The van der Waals surface area contributed by atoms with Crippen molar-refractivity contribution in [3.05, 3.63) is 64.6 Å². The molecule has 1 aromatic heterocycles. The van der Waals surface area contributed by atoms with Crippen LogP contribution in [0.15, 0.2) is 57.7 Å². The Labute approximate surface area is 185 Å². The van der Waals surface area contributed by atoms with Gasteiger partial charge in [0, 0.05) is 38.4 Å². The molecule has 0 bridgehead atoms. The highest BCUT2D eigenvalue weighted by molar-refractivity contribution is 5.96. The highest BCUT2D eigenvalue weighted by atomic mass is 16.4. The van der Waals surface area contributed by atoms with Crippen molar-refractivity contribution in [2.45, 2.75) is 19.4 Å². The van der Waals surface area contributed by atoms with Crippen LogP contribution in [0.3, 0.4) is 0 Å². The summed E-state index contributed by atoms with van der Waals surface area (Å²) in [5.41, 5.74) is 3.32. The second-order valence-electron chi connectivity index (χ2n) is 8.41. The summed E-state index contributed by atoms with van der Waals surface area (Å²) in [6.45, 7) is 5.10. The second kappa shape index (κ2) is 8.27. The Morgan fingerprint density at radius 3 is 2.50 bits per heavy atom. The molecule has 2 amide bonds. The zero-order valence-corrected chi connectivity index (χ0v) is 18.1. The summed E-state index contributed by atoms with van der Waals surface area (Å²) in [6, 6.07) is 14.5. The molecule has 0 saturated carbocycles. The van der Waals surface area contributed by atoms with Crippen LogP contribution in [-0.4, -0.2) is 65.4 Å². The first-order valence-corrected chi connectivity index (χ1v) is 11.0. The number of hydrogen-bond donors (Lipinski definition) is 0. The third-order valence-corrected chi connectivity index (χ3v) is 6.49. The average Bonchev–Trinajstić information content (AvgIpc) is 3.39. The normalized spacial score (nSPS) is 17.5. The van der Waals surface area contributed by atoms with Crippen molar-refractivity contribution in [2.75, 3.05) is 44.2 Å². The third-order valence-electron chi connectivity index (χ3n) is 6.49. The molecule has 1 unspecified atom stereocenters. The number of benzene rings is 2. The fraction of sp³-hybridized carbons (Fsp3) is 0.375. The van der Waals surface area contributed by atoms with Gasteiger partial charge in [0.1, 0.15) is 6.04 Å². The number of para-hydroxylation sites is 3. The smallest absolute Gasteiger partial charge is 0.408 e. The lowest BCUT2D eigenvalue weighted by atomic mass is 10.2. The lowest BCUT2D eigenvalue weighted by Gasteiger charge is -2.36. The van der Waals surface area contributed by atoms with Crippen molar-refractivity contribution in [1.82, 2.24) is 14.4 Å². The molecule has 1 fully saturated rings. The van der Waals surface area contributed by atoms with E-state index in [2.05, 4.69) is 11.0 Å². The molecule has 0 spiro atoms. The molecule has 0 N–H and O–H groups in total. The number of carbonyl (C=O) groups is 2. The lowest BCUT2D eigenvalue weighted by molar-refractivity contribution is -0.136. The molecule has 1 atom stereocenters. The number of piperazine rings is 1. The number of fused-ring (bicyclic) bond motifs is 2. The van der Waals surface area contributed by atoms with Gasteiger partial charge in [-0.3, -0.25) is 19.1 Å². The van der Waals surface area contributed by atoms with Crippen LogP contribution in [-0.2, 0) is 16.0 Å². The summed E-state index contributed by atoms with van der Waals surface area (Å²) in [7, 11) is 0. The van der Waals surface area contributed by atoms with E-state index in [0.29, 0.717) is 43.8 Å². The molecule has 2 aliphatic rings. The number of oxazole rings is 1. The van der Waals surface area contributed by atoms with Crippen LogP contribution in [0.4, 0.5) is 5.69 Å². The van der Waals surface area contributed by atoms with Gasteiger partial charge in [0.25, 0.3) is 0 Å². The number of anilines is 1. The molecule has 1 saturated heterocycles. The molecular formula is C24H26N4O4. The van der Waals surface area contributed by atoms with E-state index in [1.807, 2.05) is 29.2 Å². The Balaban J connectivity index is 1.20. The van der Waals surface area contributed by atoms with E-state index >= 15 is 0 Å². The first kappa shape index (κ1) is 20.5. The van der Waals surface area contributed by atoms with Gasteiger partial charge in [-0.15, -0.1) is 0 Å². The predicted molar refractivity (Wildman–Crippen MR) is 121 cm³/mol. The highest BCUT2D eigenvalue weighted by Gasteiger charge is 2.30. The second-order valence-corrected chi connectivity index (χ2v) is 8.41. The maximum atomic E-state index is 13.1. The first-order chi connectivity index (χ1) is 15.5. The molecule has 5 rings (SSSR count). The number of hydrogen-bond acceptors (Lipinski definition) is 5. The van der Waals surface area contributed by atoms with Crippen molar-refractivity contribution >= 4 is 28.6 Å². The number of nitrogens with zero attached hydrogens (tertiary/aromatic N) is 4. The molecule has 3 heterocycles. The van der Waals surface area contributed by atoms with Gasteiger partial charge in [-0.05, 0) is 37.1 Å². The fourth-order valence-corrected chi connectivity index (χ4v) is 4.73. The minimum atomic E-state index is -0.652. The largest absolute Gasteiger partial charge is 0.420 e. The summed E-state index contributed by atoms with van der Waals surface area (Å²) < 4.78 is 6.69. The van der Waals surface area contributed by atoms with E-state index in [9.17, 15) is 14.4 Å². The summed E-state index contributed by atoms with van der Waals surface area (Å²) >= 11 is 0. The van der Waals surface area contributed by atoms with Gasteiger partial charge in [0.15, 0.2) is 5.58 Å². The molecule has 3 aromatic rings. The van der Waals surface area contributed by atoms with Crippen molar-refractivity contribution in [3.63, 3.8) is 0 Å². The minimum Gasteiger partial charge on any atom is -0.408 e. The lowest BCUT2D eigenvalue weighted by Crippen LogP contribution is -2.52. The number of amides is 2. The van der Waals surface area contributed by atoms with E-state index in [-0.39, 0.29) is 11.8 Å². The van der Waals surface area contributed by atoms with E-state index in [0.717, 1.165) is 18.7 Å². The van der Waals surface area contributed by atoms with Crippen molar-refractivity contribution in [2.24, 2.45) is 0 Å². The monoisotopic (exact) mass is 434 g/mol. The average molecular weight is 434 g/mol. The van der Waals surface area contributed by atoms with Gasteiger partial charge in [-0.1, -0.05) is 30.3 Å². The van der Waals surface area contributed by atoms with Crippen molar-refractivity contribution in [1.29, 1.82) is 0 Å². The number of rotatable bonds is 4. The van der Waals surface area contributed by atoms with Crippen molar-refractivity contribution < 1.29 is 14.0 Å². The Morgan fingerprint density at radius 1 is 0.969 bits per heavy atom. The van der Waals surface area contributed by atoms with Crippen LogP contribution < -0.4 is 10.7 Å². The number of carbonyl (C=O) groups excluding carboxylic acids is 2. The summed E-state index contributed by atoms with van der Waals surface area (Å²) in [5, 5.41) is 0. The van der Waals surface area contributed by atoms with Crippen LogP contribution in [0.5, 0.6) is 0 Å². The molecule has 166 valence electrons. The Morgan fingerprint density at radius 2 is 1.69 bits per heavy atom. The Bertz CT molecular complexity index is 1220. The van der Waals surface area contributed by atoms with Gasteiger partial charge in [0.05, 0.1) is 12.1 Å². The summed E-state index contributed by atoms with van der Waals surface area (Å²) in [6.07, 6.45) is 0.893. The van der Waals surface area contributed by atoms with Crippen LogP contribution in [0.2, 0.25) is 0 Å². The molecule has 8 nitrogen and oxygen atoms in total. The van der Waals surface area contributed by atoms with E-state index in [4.69, 9.17) is 4.42 Å². The van der Waals surface area contributed by atoms with Crippen LogP contribution in [0.1, 0.15) is 18.5 Å². The SMILES string of the molecule is CC(C(=O)N1CCN(CC(=O)N2CCc3ccccc32)CC1)n1c(=O)oc2ccccc21. The summed E-state index contributed by atoms with van der Waals surface area (Å²) in [4.78, 5) is 44.0. The highest BCUT2D eigenvalue weighted by Crippen LogP contribution is 2.27. The van der Waals surface area contributed by atoms with Gasteiger partial charge >= 0.3 is 5.76 Å². The molecule has 2 aromatic carbocycles. The Kier molecular flexibility index (Phi) is 5.30. The van der Waals surface area contributed by atoms with E-state index in [1.165, 1.54) is 10.1 Å². The molecule has 32 heavy (non-hydrogen) atoms. The van der Waals surface area contributed by atoms with E-state index in [1.54, 1.807) is 30.0 Å². The predicted octanol–water partition coefficient (Wildman–Crippen LogP) is 1.89. The molecule has 8 heteroatoms. The van der Waals surface area contributed by atoms with Gasteiger partial charge in [-0.2, -0.15) is 0 Å². The topological polar surface area (TPSA) is 79.0 Å². The minimum absolute atomic E-state index is 0.0968. The molecular weight excluding hydrogens is 408 g/mol. The van der Waals surface area contributed by atoms with E-state index < -0.39 is 11.8 Å². The van der Waals surface area contributed by atoms with Crippen molar-refractivity contribution in [3.8, 4) is 0 Å². The third kappa shape index (κ3) is 3.60. The van der Waals surface area contributed by atoms with Gasteiger partial charge in [0.2, 0.25) is 11.8 Å². The van der Waals surface area contributed by atoms with Crippen LogP contribution in [0.25, 0.3) is 11.1 Å². The molecule has 0 radical (unpaired) electrons. The standard InChI is InChI=1S/C24H26N4O4/c1-17(28-20-8-4-5-9-21(20)32-24(28)31)23(30)26-14-12-25(13-15-26)16-22(29)27-11-10-18-6-2-3-7-19(18)27/h2-9,17H,10-16H2,1H3.